The quantitative estimate of drug-likeness (QED) is 0.307. The molecule has 6 nitrogen and oxygen atoms in total. The fraction of sp³-hybridized carbons (Fsp3) is 0.0400. The van der Waals surface area contributed by atoms with Gasteiger partial charge in [-0.15, -0.1) is 0 Å². The number of benzene rings is 2. The summed E-state index contributed by atoms with van der Waals surface area (Å²) in [6, 6.07) is 21.0. The molecule has 31 heavy (non-hydrogen) atoms. The van der Waals surface area contributed by atoms with E-state index in [1.807, 2.05) is 36.4 Å². The minimum atomic E-state index is 0.162. The third-order valence-electron chi connectivity index (χ3n) is 4.98. The lowest BCUT2D eigenvalue weighted by molar-refractivity contribution is 0.415. The molecule has 150 valence electrons. The highest BCUT2D eigenvalue weighted by Crippen LogP contribution is 2.43. The summed E-state index contributed by atoms with van der Waals surface area (Å²) < 4.78 is 22.6. The van der Waals surface area contributed by atoms with E-state index in [1.165, 1.54) is 0 Å². The van der Waals surface area contributed by atoms with E-state index in [0.29, 0.717) is 28.6 Å². The molecule has 0 unspecified atom stereocenters. The summed E-state index contributed by atoms with van der Waals surface area (Å²) in [5.74, 6) is 2.19. The van der Waals surface area contributed by atoms with Crippen LogP contribution in [0.4, 0.5) is 5.88 Å². The number of hydrogen-bond acceptors (Lipinski definition) is 6. The molecule has 6 heteroatoms. The van der Waals surface area contributed by atoms with Crippen LogP contribution in [-0.4, -0.2) is 13.3 Å². The Bertz CT molecular complexity index is 1420. The molecule has 0 amide bonds. The molecular formula is C25H16N2O4. The van der Waals surface area contributed by atoms with Gasteiger partial charge in [-0.05, 0) is 41.1 Å². The van der Waals surface area contributed by atoms with Gasteiger partial charge in [0.1, 0.15) is 23.1 Å². The number of hydrogen-bond donors (Lipinski definition) is 0. The summed E-state index contributed by atoms with van der Waals surface area (Å²) in [7, 11) is 1.61. The maximum absolute atomic E-state index is 9.90. The van der Waals surface area contributed by atoms with Crippen molar-refractivity contribution in [1.29, 1.82) is 5.26 Å². The van der Waals surface area contributed by atoms with Crippen molar-refractivity contribution < 1.29 is 18.0 Å². The van der Waals surface area contributed by atoms with Crippen LogP contribution in [0.25, 0.3) is 33.6 Å². The third kappa shape index (κ3) is 3.18. The first-order valence-electron chi connectivity index (χ1n) is 9.54. The summed E-state index contributed by atoms with van der Waals surface area (Å²) in [6.45, 7) is 0. The second-order valence-corrected chi connectivity index (χ2v) is 6.71. The van der Waals surface area contributed by atoms with Crippen molar-refractivity contribution in [3.63, 3.8) is 0 Å². The third-order valence-corrected chi connectivity index (χ3v) is 4.98. The zero-order chi connectivity index (χ0) is 21.2. The van der Waals surface area contributed by atoms with Crippen molar-refractivity contribution in [2.45, 2.75) is 0 Å². The zero-order valence-corrected chi connectivity index (χ0v) is 16.5. The van der Waals surface area contributed by atoms with Gasteiger partial charge in [0.05, 0.1) is 25.2 Å². The summed E-state index contributed by atoms with van der Waals surface area (Å²) >= 11 is 0. The number of nitrogens with zero attached hydrogens (tertiary/aromatic N) is 2. The van der Waals surface area contributed by atoms with E-state index in [4.69, 9.17) is 18.0 Å². The van der Waals surface area contributed by atoms with Crippen LogP contribution in [0.5, 0.6) is 5.75 Å². The van der Waals surface area contributed by atoms with Gasteiger partial charge < -0.3 is 18.0 Å². The molecule has 0 aliphatic carbocycles. The highest BCUT2D eigenvalue weighted by molar-refractivity contribution is 6.03. The Labute approximate surface area is 177 Å². The van der Waals surface area contributed by atoms with Gasteiger partial charge in [-0.1, -0.05) is 30.3 Å². The minimum Gasteiger partial charge on any atom is -0.496 e. The average Bonchev–Trinajstić information content (AvgIpc) is 3.57. The molecule has 0 saturated carbocycles. The average molecular weight is 408 g/mol. The van der Waals surface area contributed by atoms with Crippen LogP contribution >= 0.6 is 0 Å². The van der Waals surface area contributed by atoms with Crippen molar-refractivity contribution in [3.05, 3.63) is 84.3 Å². The molecule has 0 saturated heterocycles. The molecule has 5 rings (SSSR count). The monoisotopic (exact) mass is 408 g/mol. The molecule has 0 spiro atoms. The zero-order valence-electron chi connectivity index (χ0n) is 16.5. The summed E-state index contributed by atoms with van der Waals surface area (Å²) in [5.41, 5.74) is 1.55. The van der Waals surface area contributed by atoms with E-state index < -0.39 is 0 Å². The first kappa shape index (κ1) is 18.5. The SMILES string of the molecule is COc1ccc2ccccc2c1C=Nc1oc(-c2ccco2)c(-c2ccco2)c1C#N. The fourth-order valence-electron chi connectivity index (χ4n) is 3.56. The van der Waals surface area contributed by atoms with Gasteiger partial charge in [0.2, 0.25) is 5.88 Å². The highest BCUT2D eigenvalue weighted by atomic mass is 16.5. The Morgan fingerprint density at radius 3 is 2.42 bits per heavy atom. The van der Waals surface area contributed by atoms with E-state index in [0.717, 1.165) is 16.3 Å². The van der Waals surface area contributed by atoms with Crippen LogP contribution in [0.1, 0.15) is 11.1 Å². The molecule has 3 aromatic heterocycles. The van der Waals surface area contributed by atoms with Crippen LogP contribution in [0.15, 0.2) is 91.4 Å². The normalized spacial score (nSPS) is 11.2. The highest BCUT2D eigenvalue weighted by Gasteiger charge is 2.26. The lowest BCUT2D eigenvalue weighted by atomic mass is 10.0. The Balaban J connectivity index is 1.69. The number of rotatable bonds is 5. The predicted octanol–water partition coefficient (Wildman–Crippen LogP) is 6.58. The van der Waals surface area contributed by atoms with Gasteiger partial charge in [0, 0.05) is 11.8 Å². The Hall–Kier alpha value is -4.50. The van der Waals surface area contributed by atoms with Crippen molar-refractivity contribution in [2.75, 3.05) is 7.11 Å². The van der Waals surface area contributed by atoms with Crippen molar-refractivity contribution >= 4 is 22.9 Å². The number of furan rings is 3. The number of nitriles is 1. The minimum absolute atomic E-state index is 0.162. The lowest BCUT2D eigenvalue weighted by Gasteiger charge is -2.08. The predicted molar refractivity (Wildman–Crippen MR) is 117 cm³/mol. The van der Waals surface area contributed by atoms with Crippen molar-refractivity contribution in [2.24, 2.45) is 4.99 Å². The topological polar surface area (TPSA) is 84.8 Å². The van der Waals surface area contributed by atoms with Gasteiger partial charge in [0.15, 0.2) is 11.5 Å². The van der Waals surface area contributed by atoms with E-state index in [9.17, 15) is 5.26 Å². The van der Waals surface area contributed by atoms with Gasteiger partial charge in [0.25, 0.3) is 0 Å². The molecule has 0 N–H and O–H groups in total. The molecule has 2 aromatic carbocycles. The van der Waals surface area contributed by atoms with Crippen LogP contribution in [-0.2, 0) is 0 Å². The maximum Gasteiger partial charge on any atom is 0.238 e. The van der Waals surface area contributed by atoms with Crippen LogP contribution < -0.4 is 4.74 Å². The first-order chi connectivity index (χ1) is 15.3. The number of ether oxygens (including phenoxy) is 1. The van der Waals surface area contributed by atoms with E-state index in [1.54, 1.807) is 50.1 Å². The van der Waals surface area contributed by atoms with Gasteiger partial charge in [-0.2, -0.15) is 5.26 Å². The molecule has 0 bridgehead atoms. The fourth-order valence-corrected chi connectivity index (χ4v) is 3.56. The van der Waals surface area contributed by atoms with Crippen LogP contribution in [0.2, 0.25) is 0 Å². The summed E-state index contributed by atoms with van der Waals surface area (Å²) in [5, 5.41) is 11.9. The number of fused-ring (bicyclic) bond motifs is 1. The van der Waals surface area contributed by atoms with Crippen LogP contribution in [0.3, 0.4) is 0 Å². The van der Waals surface area contributed by atoms with E-state index in [-0.39, 0.29) is 11.4 Å². The van der Waals surface area contributed by atoms with E-state index in [2.05, 4.69) is 11.1 Å². The van der Waals surface area contributed by atoms with Gasteiger partial charge >= 0.3 is 0 Å². The molecule has 0 fully saturated rings. The van der Waals surface area contributed by atoms with E-state index >= 15 is 0 Å². The number of aliphatic imine (C=N–C) groups is 1. The van der Waals surface area contributed by atoms with Crippen molar-refractivity contribution in [3.8, 4) is 34.7 Å². The molecule has 5 aromatic rings. The molecular weight excluding hydrogens is 392 g/mol. The smallest absolute Gasteiger partial charge is 0.238 e. The van der Waals surface area contributed by atoms with Crippen LogP contribution in [0, 0.1) is 11.3 Å². The maximum atomic E-state index is 9.90. The second kappa shape index (κ2) is 7.73. The van der Waals surface area contributed by atoms with Gasteiger partial charge in [-0.3, -0.25) is 0 Å². The van der Waals surface area contributed by atoms with Crippen molar-refractivity contribution in [1.82, 2.24) is 0 Å². The summed E-state index contributed by atoms with van der Waals surface area (Å²) in [6.07, 6.45) is 4.73. The Morgan fingerprint density at radius 1 is 0.935 bits per heavy atom. The molecule has 0 radical (unpaired) electrons. The molecule has 0 aliphatic rings. The first-order valence-corrected chi connectivity index (χ1v) is 9.54. The standard InChI is InChI=1S/C25H16N2O4/c1-28-20-11-10-16-6-2-3-7-17(16)19(20)15-27-25-18(14-26)23(21-8-4-12-29-21)24(31-25)22-9-5-13-30-22/h2-13,15H,1H3. The molecule has 0 atom stereocenters. The molecule has 3 heterocycles. The largest absolute Gasteiger partial charge is 0.496 e. The second-order valence-electron chi connectivity index (χ2n) is 6.71. The lowest BCUT2D eigenvalue weighted by Crippen LogP contribution is -1.92. The Kier molecular flexibility index (Phi) is 4.62. The molecule has 0 aliphatic heterocycles. The summed E-state index contributed by atoms with van der Waals surface area (Å²) in [4.78, 5) is 4.53. The van der Waals surface area contributed by atoms with Gasteiger partial charge in [-0.25, -0.2) is 4.99 Å². The Morgan fingerprint density at radius 2 is 1.71 bits per heavy atom. The number of methoxy groups -OCH3 is 1.